The zero-order chi connectivity index (χ0) is 80.2. The number of carbonyl (C=O) groups is 14. The van der Waals surface area contributed by atoms with Crippen LogP contribution in [0.3, 0.4) is 0 Å². The maximum atomic E-state index is 14.4. The van der Waals surface area contributed by atoms with Crippen LogP contribution in [-0.2, 0) is 73.5 Å². The van der Waals surface area contributed by atoms with Crippen LogP contribution in [0.25, 0.3) is 0 Å². The number of nitrogens with one attached hydrogen (secondary N) is 12. The summed E-state index contributed by atoms with van der Waals surface area (Å²) >= 11 is 12.7. The van der Waals surface area contributed by atoms with Crippen molar-refractivity contribution in [2.75, 3.05) is 56.5 Å². The minimum atomic E-state index is -1.79. The van der Waals surface area contributed by atoms with Crippen LogP contribution in [-0.4, -0.2) is 229 Å². The molecule has 0 saturated carbocycles. The lowest BCUT2D eigenvalue weighted by atomic mass is 10.0. The van der Waals surface area contributed by atoms with Gasteiger partial charge in [-0.3, -0.25) is 77.1 Å². The Kier molecular flexibility index (Phi) is 46.7. The minimum absolute atomic E-state index is 0.0293. The van der Waals surface area contributed by atoms with E-state index in [9.17, 15) is 72.2 Å². The van der Waals surface area contributed by atoms with Crippen LogP contribution in [0.2, 0.25) is 0 Å². The number of thiol groups is 3. The minimum Gasteiger partial charge on any atom is -0.508 e. The molecule has 0 bridgehead atoms. The summed E-state index contributed by atoms with van der Waals surface area (Å²) in [5, 5.41) is 40.2. The molecule has 0 radical (unpaired) electrons. The molecular formula is C64H114N24O15S3. The molecule has 0 fully saturated rings. The first-order chi connectivity index (χ1) is 50.1. The molecule has 106 heavy (non-hydrogen) atoms. The predicted octanol–water partition coefficient (Wildman–Crippen LogP) is -8.33. The van der Waals surface area contributed by atoms with Gasteiger partial charge in [-0.05, 0) is 126 Å². The lowest BCUT2D eigenvalue weighted by Crippen LogP contribution is -2.62. The summed E-state index contributed by atoms with van der Waals surface area (Å²) < 4.78 is 0. The largest absolute Gasteiger partial charge is 0.508 e. The van der Waals surface area contributed by atoms with Crippen LogP contribution in [0.5, 0.6) is 5.75 Å². The summed E-state index contributed by atoms with van der Waals surface area (Å²) in [7, 11) is 0. The standard InChI is InChI=1S/C64H114N24O15S3/c1-33(2)49(61(102)86-46(32-106)60(101)88-50(34(3)4)62(103)85-45(31-105)58(99)79-38(51(70)92)16-11-25-75-63(71)72)87-56(97)41(17-12-26-76-64(73)74)81-54(95)39(14-6-9-23-66)78-48(91)29-77-53(94)43(28-47(69)90)83-59(100)44(30-104)84-57(98)42(27-35-18-20-36(89)21-19-35)82-55(96)40(15-7-10-24-67)80-52(93)37(68)13-5-8-22-65/h18-21,33-34,37-46,49-50,89,104-106H,5-17,22-32,65-68H2,1-4H3,(H2,69,90)(H2,70,92)(H,77,94)(H,78,91)(H,79,99)(H,80,93)(H,81,95)(H,82,96)(H,83,100)(H,84,98)(H,85,103)(H,86,102)(H,87,97)(H,88,101)(H4,71,72,75)(H4,73,74,76)/t37-,38-,39-,40-,41-,42-,43-,44-,45-,46-,49-,50-/m0/s1. The van der Waals surface area contributed by atoms with E-state index in [2.05, 4.69) is 112 Å². The molecule has 0 saturated heterocycles. The predicted molar refractivity (Wildman–Crippen MR) is 407 cm³/mol. The molecule has 0 unspecified atom stereocenters. The van der Waals surface area contributed by atoms with E-state index in [-0.39, 0.29) is 113 Å². The third kappa shape index (κ3) is 37.8. The molecule has 1 aromatic rings. The van der Waals surface area contributed by atoms with Crippen LogP contribution < -0.4 is 121 Å². The van der Waals surface area contributed by atoms with Crippen molar-refractivity contribution in [2.45, 2.75) is 197 Å². The topological polar surface area (TPSA) is 688 Å². The molecule has 0 aliphatic carbocycles. The molecule has 39 nitrogen and oxygen atoms in total. The van der Waals surface area contributed by atoms with Crippen molar-refractivity contribution in [2.24, 2.45) is 79.2 Å². The van der Waals surface area contributed by atoms with E-state index in [0.29, 0.717) is 44.2 Å². The van der Waals surface area contributed by atoms with E-state index in [0.717, 1.165) is 0 Å². The Balaban J connectivity index is 3.43. The molecule has 33 N–H and O–H groups in total. The van der Waals surface area contributed by atoms with Crippen LogP contribution in [0, 0.1) is 11.8 Å². The maximum absolute atomic E-state index is 14.4. The molecule has 598 valence electrons. The van der Waals surface area contributed by atoms with Crippen LogP contribution in [0.15, 0.2) is 34.3 Å². The first-order valence-corrected chi connectivity index (χ1v) is 36.7. The van der Waals surface area contributed by atoms with Crippen molar-refractivity contribution in [3.63, 3.8) is 0 Å². The summed E-state index contributed by atoms with van der Waals surface area (Å²) in [6.45, 7) is 6.41. The van der Waals surface area contributed by atoms with Gasteiger partial charge in [-0.25, -0.2) is 0 Å². The molecule has 0 aliphatic heterocycles. The highest BCUT2D eigenvalue weighted by Gasteiger charge is 2.37. The number of phenols is 1. The lowest BCUT2D eigenvalue weighted by molar-refractivity contribution is -0.136. The third-order valence-corrected chi connectivity index (χ3v) is 17.2. The van der Waals surface area contributed by atoms with E-state index in [4.69, 9.17) is 57.3 Å². The van der Waals surface area contributed by atoms with Gasteiger partial charge in [0.05, 0.1) is 19.0 Å². The SMILES string of the molecule is CC(C)[C@H](NC(=O)[C@H](CS)NC(=O)[C@@H](NC(=O)[C@H](CCCN=C(N)N)NC(=O)[C@H](CCCCN)NC(=O)CNC(=O)[C@H](CC(N)=O)NC(=O)[C@H](CS)NC(=O)[C@H](Cc1ccc(O)cc1)NC(=O)[C@H](CCCCN)NC(=O)[C@@H](N)CCCCN)C(C)C)C(=O)N[C@@H](CS)C(=O)N[C@@H](CCCN=C(N)N)C(N)=O. The number of unbranched alkanes of at least 4 members (excludes halogenated alkanes) is 3. The van der Waals surface area contributed by atoms with Gasteiger partial charge in [-0.2, -0.15) is 37.9 Å². The number of carbonyl (C=O) groups excluding carboxylic acids is 14. The average molecular weight is 1560 g/mol. The number of nitrogens with two attached hydrogens (primary N) is 10. The second-order valence-electron chi connectivity index (χ2n) is 25.6. The van der Waals surface area contributed by atoms with Crippen molar-refractivity contribution < 1.29 is 72.2 Å². The van der Waals surface area contributed by atoms with Gasteiger partial charge in [0.2, 0.25) is 82.7 Å². The lowest BCUT2D eigenvalue weighted by Gasteiger charge is -2.29. The summed E-state index contributed by atoms with van der Waals surface area (Å²) in [4.78, 5) is 199. The van der Waals surface area contributed by atoms with E-state index in [1.807, 2.05) is 0 Å². The molecule has 0 heterocycles. The highest BCUT2D eigenvalue weighted by atomic mass is 32.1. The van der Waals surface area contributed by atoms with Gasteiger partial charge in [0.25, 0.3) is 0 Å². The fourth-order valence-electron chi connectivity index (χ4n) is 10.1. The number of amides is 14. The summed E-state index contributed by atoms with van der Waals surface area (Å²) in [6.07, 6.45) is 2.16. The Morgan fingerprint density at radius 2 is 0.736 bits per heavy atom. The highest BCUT2D eigenvalue weighted by Crippen LogP contribution is 2.15. The Morgan fingerprint density at radius 3 is 1.15 bits per heavy atom. The zero-order valence-corrected chi connectivity index (χ0v) is 63.2. The molecule has 0 aromatic heterocycles. The first-order valence-electron chi connectivity index (χ1n) is 34.8. The molecule has 1 rings (SSSR count). The number of guanidine groups is 2. The number of aliphatic imine (C=N–C) groups is 2. The second-order valence-corrected chi connectivity index (χ2v) is 26.7. The number of hydrogen-bond acceptors (Lipinski definition) is 24. The average Bonchev–Trinajstić information content (AvgIpc) is 0.855. The molecular weight excluding hydrogens is 1440 g/mol. The van der Waals surface area contributed by atoms with Gasteiger partial charge in [0.15, 0.2) is 11.9 Å². The molecule has 0 aliphatic rings. The van der Waals surface area contributed by atoms with Crippen LogP contribution in [0.1, 0.15) is 123 Å². The number of benzene rings is 1. The first kappa shape index (κ1) is 95.0. The molecule has 14 amide bonds. The summed E-state index contributed by atoms with van der Waals surface area (Å²) in [5.41, 5.74) is 56.4. The Bertz CT molecular complexity index is 3100. The number of hydrogen-bond donors (Lipinski definition) is 26. The quantitative estimate of drug-likeness (QED) is 0.0125. The Hall–Kier alpha value is -8.97. The van der Waals surface area contributed by atoms with Gasteiger partial charge in [0, 0.05) is 36.8 Å². The van der Waals surface area contributed by atoms with Crippen molar-refractivity contribution in [3.05, 3.63) is 29.8 Å². The van der Waals surface area contributed by atoms with E-state index < -0.39 is 186 Å². The monoisotopic (exact) mass is 1550 g/mol. The van der Waals surface area contributed by atoms with Gasteiger partial charge in [-0.15, -0.1) is 0 Å². The fourth-order valence-corrected chi connectivity index (χ4v) is 10.8. The molecule has 12 atom stereocenters. The van der Waals surface area contributed by atoms with Crippen molar-refractivity contribution in [1.29, 1.82) is 0 Å². The zero-order valence-electron chi connectivity index (χ0n) is 60.5. The fraction of sp³-hybridized carbons (Fsp3) is 0.656. The third-order valence-electron chi connectivity index (χ3n) is 16.1. The van der Waals surface area contributed by atoms with Gasteiger partial charge in [-0.1, -0.05) is 46.2 Å². The highest BCUT2D eigenvalue weighted by molar-refractivity contribution is 7.80. The van der Waals surface area contributed by atoms with Crippen LogP contribution >= 0.6 is 37.9 Å². The maximum Gasteiger partial charge on any atom is 0.244 e. The van der Waals surface area contributed by atoms with Gasteiger partial charge < -0.3 is 126 Å². The van der Waals surface area contributed by atoms with Crippen molar-refractivity contribution >= 4 is 133 Å². The normalized spacial score (nSPS) is 14.5. The van der Waals surface area contributed by atoms with E-state index in [1.165, 1.54) is 24.3 Å². The number of aromatic hydroxyl groups is 1. The number of primary amides is 2. The molecule has 42 heteroatoms. The van der Waals surface area contributed by atoms with E-state index >= 15 is 0 Å². The van der Waals surface area contributed by atoms with Crippen molar-refractivity contribution in [1.82, 2.24) is 63.8 Å². The van der Waals surface area contributed by atoms with Crippen molar-refractivity contribution in [3.8, 4) is 5.75 Å². The van der Waals surface area contributed by atoms with Gasteiger partial charge in [0.1, 0.15) is 72.2 Å². The summed E-state index contributed by atoms with van der Waals surface area (Å²) in [5.74, 6) is -15.6. The number of phenolic OH excluding ortho intramolecular Hbond substituents is 1. The smallest absolute Gasteiger partial charge is 0.244 e. The molecule has 1 aromatic carbocycles. The Morgan fingerprint density at radius 1 is 0.396 bits per heavy atom. The Labute approximate surface area is 633 Å². The van der Waals surface area contributed by atoms with Gasteiger partial charge >= 0.3 is 0 Å². The second kappa shape index (κ2) is 52.1. The summed E-state index contributed by atoms with van der Waals surface area (Å²) in [6, 6.07) is -10.8. The number of rotatable bonds is 54. The number of nitrogens with zero attached hydrogens (tertiary/aromatic N) is 2. The molecule has 0 spiro atoms. The van der Waals surface area contributed by atoms with Crippen LogP contribution in [0.4, 0.5) is 0 Å². The van der Waals surface area contributed by atoms with E-state index in [1.54, 1.807) is 27.7 Å².